The van der Waals surface area contributed by atoms with Gasteiger partial charge in [0.1, 0.15) is 18.4 Å². The lowest BCUT2D eigenvalue weighted by molar-refractivity contribution is -0.189. The second kappa shape index (κ2) is 6.19. The van der Waals surface area contributed by atoms with E-state index < -0.39 is 41.1 Å². The number of carbonyl (C=O) groups is 2. The average Bonchev–Trinajstić information content (AvgIpc) is 2.83. The van der Waals surface area contributed by atoms with Crippen molar-refractivity contribution in [1.82, 2.24) is 0 Å². The van der Waals surface area contributed by atoms with E-state index in [1.54, 1.807) is 6.92 Å². The molecule has 28 heavy (non-hydrogen) atoms. The molecule has 3 saturated carbocycles. The molecule has 0 saturated heterocycles. The van der Waals surface area contributed by atoms with Crippen molar-refractivity contribution in [3.63, 3.8) is 0 Å². The second-order valence-electron chi connectivity index (χ2n) is 10.2. The lowest BCUT2D eigenvalue weighted by atomic mass is 9.45. The van der Waals surface area contributed by atoms with Gasteiger partial charge in [-0.05, 0) is 66.4 Å². The zero-order valence-electron chi connectivity index (χ0n) is 16.8. The van der Waals surface area contributed by atoms with Crippen molar-refractivity contribution in [1.29, 1.82) is 0 Å². The third-order valence-electron chi connectivity index (χ3n) is 9.02. The molecular weight excluding hydrogens is 363 g/mol. The zero-order chi connectivity index (χ0) is 20.6. The van der Waals surface area contributed by atoms with E-state index in [1.165, 1.54) is 6.08 Å². The summed E-state index contributed by atoms with van der Waals surface area (Å²) in [7, 11) is 0. The van der Waals surface area contributed by atoms with Crippen molar-refractivity contribution < 1.29 is 29.3 Å². The summed E-state index contributed by atoms with van der Waals surface area (Å²) in [5, 5.41) is 32.1. The normalized spacial score (nSPS) is 53.1. The van der Waals surface area contributed by atoms with Crippen molar-refractivity contribution in [2.45, 2.75) is 70.8 Å². The number of halogens is 1. The SMILES string of the molecule is C[C@@H]1CC2C3C[C@H](F)C4=CC(=O)CCC4(C)C3C(O)CC2(C)[C@@]1(O)C(=O)CO. The fourth-order valence-electron chi connectivity index (χ4n) is 7.74. The Bertz CT molecular complexity index is 749. The van der Waals surface area contributed by atoms with E-state index in [9.17, 15) is 24.9 Å². The molecule has 9 atom stereocenters. The van der Waals surface area contributed by atoms with Crippen LogP contribution in [0, 0.1) is 34.5 Å². The van der Waals surface area contributed by atoms with Crippen LogP contribution in [0.3, 0.4) is 0 Å². The van der Waals surface area contributed by atoms with Gasteiger partial charge in [-0.1, -0.05) is 20.8 Å². The quantitative estimate of drug-likeness (QED) is 0.666. The van der Waals surface area contributed by atoms with Gasteiger partial charge in [-0.2, -0.15) is 0 Å². The molecule has 0 radical (unpaired) electrons. The summed E-state index contributed by atoms with van der Waals surface area (Å²) in [6, 6.07) is 0. The van der Waals surface area contributed by atoms with Crippen LogP contribution >= 0.6 is 0 Å². The fraction of sp³-hybridized carbons (Fsp3) is 0.818. The van der Waals surface area contributed by atoms with Crippen LogP contribution in [-0.4, -0.2) is 51.4 Å². The third kappa shape index (κ3) is 2.28. The number of carbonyl (C=O) groups excluding carboxylic acids is 2. The van der Waals surface area contributed by atoms with Gasteiger partial charge in [0.25, 0.3) is 0 Å². The smallest absolute Gasteiger partial charge is 0.190 e. The molecule has 0 amide bonds. The van der Waals surface area contributed by atoms with Gasteiger partial charge in [0.05, 0.1) is 6.10 Å². The van der Waals surface area contributed by atoms with E-state index in [1.807, 2.05) is 13.8 Å². The molecule has 3 fully saturated rings. The Hall–Kier alpha value is -1.11. The highest BCUT2D eigenvalue weighted by molar-refractivity contribution is 5.92. The number of Topliss-reactive ketones (excluding diaryl/α,β-unsaturated/α-hetero) is 1. The van der Waals surface area contributed by atoms with Crippen LogP contribution in [0.1, 0.15) is 52.9 Å². The molecule has 0 aromatic rings. The molecule has 3 N–H and O–H groups in total. The van der Waals surface area contributed by atoms with Gasteiger partial charge in [-0.15, -0.1) is 0 Å². The minimum Gasteiger partial charge on any atom is -0.393 e. The molecule has 0 spiro atoms. The molecule has 156 valence electrons. The summed E-state index contributed by atoms with van der Waals surface area (Å²) in [4.78, 5) is 24.5. The number of hydrogen-bond acceptors (Lipinski definition) is 5. The maximum Gasteiger partial charge on any atom is 0.190 e. The molecule has 0 aromatic heterocycles. The van der Waals surface area contributed by atoms with E-state index in [4.69, 9.17) is 0 Å². The van der Waals surface area contributed by atoms with Crippen LogP contribution < -0.4 is 0 Å². The van der Waals surface area contributed by atoms with Gasteiger partial charge in [0, 0.05) is 11.8 Å². The second-order valence-corrected chi connectivity index (χ2v) is 10.2. The summed E-state index contributed by atoms with van der Waals surface area (Å²) >= 11 is 0. The molecular formula is C22H31FO5. The van der Waals surface area contributed by atoms with Crippen molar-refractivity contribution >= 4 is 11.6 Å². The lowest BCUT2D eigenvalue weighted by Crippen LogP contribution is -2.63. The van der Waals surface area contributed by atoms with Crippen molar-refractivity contribution in [2.24, 2.45) is 34.5 Å². The van der Waals surface area contributed by atoms with Crippen molar-refractivity contribution in [3.8, 4) is 0 Å². The lowest BCUT2D eigenvalue weighted by Gasteiger charge is -2.61. The summed E-state index contributed by atoms with van der Waals surface area (Å²) in [5.41, 5.74) is -2.69. The van der Waals surface area contributed by atoms with Gasteiger partial charge in [0.2, 0.25) is 0 Å². The molecule has 6 heteroatoms. The number of alkyl halides is 1. The van der Waals surface area contributed by atoms with E-state index in [0.717, 1.165) is 0 Å². The number of ketones is 2. The summed E-state index contributed by atoms with van der Waals surface area (Å²) in [6.45, 7) is 4.84. The monoisotopic (exact) mass is 394 g/mol. The van der Waals surface area contributed by atoms with Crippen LogP contribution in [0.2, 0.25) is 0 Å². The van der Waals surface area contributed by atoms with Crippen LogP contribution in [0.15, 0.2) is 11.6 Å². The largest absolute Gasteiger partial charge is 0.393 e. The Morgan fingerprint density at radius 3 is 2.64 bits per heavy atom. The zero-order valence-corrected chi connectivity index (χ0v) is 16.8. The van der Waals surface area contributed by atoms with Crippen molar-refractivity contribution in [3.05, 3.63) is 11.6 Å². The molecule has 6 unspecified atom stereocenters. The number of aliphatic hydroxyl groups is 3. The van der Waals surface area contributed by atoms with E-state index >= 15 is 4.39 Å². The minimum absolute atomic E-state index is 0.0545. The first kappa shape index (κ1) is 20.2. The predicted octanol–water partition coefficient (Wildman–Crippen LogP) is 1.98. The topological polar surface area (TPSA) is 94.8 Å². The van der Waals surface area contributed by atoms with Gasteiger partial charge in [0.15, 0.2) is 11.6 Å². The van der Waals surface area contributed by atoms with Crippen molar-refractivity contribution in [2.75, 3.05) is 6.61 Å². The van der Waals surface area contributed by atoms with Gasteiger partial charge < -0.3 is 15.3 Å². The number of fused-ring (bicyclic) bond motifs is 5. The first-order valence-corrected chi connectivity index (χ1v) is 10.4. The first-order chi connectivity index (χ1) is 13.0. The van der Waals surface area contributed by atoms with Gasteiger partial charge in [-0.3, -0.25) is 9.59 Å². The molecule has 0 bridgehead atoms. The van der Waals surface area contributed by atoms with E-state index in [-0.39, 0.29) is 42.3 Å². The Balaban J connectivity index is 1.80. The number of aliphatic hydroxyl groups excluding tert-OH is 2. The Labute approximate surface area is 165 Å². The Morgan fingerprint density at radius 2 is 2.00 bits per heavy atom. The number of rotatable bonds is 2. The molecule has 0 aromatic carbocycles. The molecule has 5 nitrogen and oxygen atoms in total. The van der Waals surface area contributed by atoms with E-state index in [0.29, 0.717) is 24.8 Å². The van der Waals surface area contributed by atoms with E-state index in [2.05, 4.69) is 0 Å². The Morgan fingerprint density at radius 1 is 1.32 bits per heavy atom. The molecule has 4 rings (SSSR count). The molecule has 0 aliphatic heterocycles. The molecule has 4 aliphatic rings. The summed E-state index contributed by atoms with van der Waals surface area (Å²) in [5.74, 6) is -1.54. The van der Waals surface area contributed by atoms with Crippen LogP contribution in [0.5, 0.6) is 0 Å². The average molecular weight is 394 g/mol. The third-order valence-corrected chi connectivity index (χ3v) is 9.02. The fourth-order valence-corrected chi connectivity index (χ4v) is 7.74. The predicted molar refractivity (Wildman–Crippen MR) is 100.0 cm³/mol. The van der Waals surface area contributed by atoms with Gasteiger partial charge >= 0.3 is 0 Å². The van der Waals surface area contributed by atoms with Crippen LogP contribution in [0.4, 0.5) is 4.39 Å². The number of hydrogen-bond donors (Lipinski definition) is 3. The maximum atomic E-state index is 15.3. The summed E-state index contributed by atoms with van der Waals surface area (Å²) < 4.78 is 15.3. The highest BCUT2D eigenvalue weighted by Gasteiger charge is 2.71. The molecule has 4 aliphatic carbocycles. The van der Waals surface area contributed by atoms with Crippen LogP contribution in [-0.2, 0) is 9.59 Å². The molecule has 0 heterocycles. The number of allylic oxidation sites excluding steroid dienone is 1. The van der Waals surface area contributed by atoms with Crippen LogP contribution in [0.25, 0.3) is 0 Å². The minimum atomic E-state index is -1.72. The summed E-state index contributed by atoms with van der Waals surface area (Å²) in [6.07, 6.45) is 1.28. The highest BCUT2D eigenvalue weighted by atomic mass is 19.1. The Kier molecular flexibility index (Phi) is 4.46. The highest BCUT2D eigenvalue weighted by Crippen LogP contribution is 2.69. The first-order valence-electron chi connectivity index (χ1n) is 10.4. The maximum absolute atomic E-state index is 15.3. The standard InChI is InChI=1S/C22H31FO5/c1-11-6-14-13-8-16(23)15-7-12(25)4-5-20(15,2)19(13)17(26)9-21(14,3)22(11,28)18(27)10-24/h7,11,13-14,16-17,19,24,26,28H,4-6,8-10H2,1-3H3/t11-,13?,14?,16+,17?,19?,20?,21?,22+/m1/s1. The van der Waals surface area contributed by atoms with Gasteiger partial charge in [-0.25, -0.2) is 4.39 Å².